The summed E-state index contributed by atoms with van der Waals surface area (Å²) in [4.78, 5) is -0.314. The highest BCUT2D eigenvalue weighted by Crippen LogP contribution is 2.34. The Morgan fingerprint density at radius 1 is 1.14 bits per heavy atom. The maximum Gasteiger partial charge on any atom is 0.243 e. The van der Waals surface area contributed by atoms with Crippen LogP contribution < -0.4 is 0 Å². The van der Waals surface area contributed by atoms with Gasteiger partial charge in [-0.1, -0.05) is 0 Å². The van der Waals surface area contributed by atoms with E-state index in [0.29, 0.717) is 25.8 Å². The number of sulfonamides is 1. The van der Waals surface area contributed by atoms with Crippen molar-refractivity contribution >= 4 is 10.0 Å². The van der Waals surface area contributed by atoms with Crippen molar-refractivity contribution < 1.29 is 21.9 Å². The van der Waals surface area contributed by atoms with Gasteiger partial charge >= 0.3 is 0 Å². The third kappa shape index (κ3) is 3.25. The number of benzene rings is 1. The molecule has 1 unspecified atom stereocenters. The minimum absolute atomic E-state index is 0.0538. The summed E-state index contributed by atoms with van der Waals surface area (Å²) >= 11 is 0. The molecule has 3 rings (SSSR count). The van der Waals surface area contributed by atoms with E-state index in [4.69, 9.17) is 4.74 Å². The van der Waals surface area contributed by atoms with E-state index >= 15 is 0 Å². The van der Waals surface area contributed by atoms with Crippen molar-refractivity contribution in [2.45, 2.75) is 30.2 Å². The van der Waals surface area contributed by atoms with Gasteiger partial charge in [-0.2, -0.15) is 4.31 Å². The van der Waals surface area contributed by atoms with E-state index in [-0.39, 0.29) is 16.9 Å². The number of nitrogens with zero attached hydrogens (tertiary/aromatic N) is 1. The first kappa shape index (κ1) is 14.9. The molecule has 0 N–H and O–H groups in total. The van der Waals surface area contributed by atoms with E-state index in [9.17, 15) is 17.2 Å². The predicted octanol–water partition coefficient (Wildman–Crippen LogP) is 2.15. The molecule has 21 heavy (non-hydrogen) atoms. The maximum absolute atomic E-state index is 13.3. The van der Waals surface area contributed by atoms with Crippen LogP contribution in [0.15, 0.2) is 23.1 Å². The fourth-order valence-corrected chi connectivity index (χ4v) is 4.40. The molecule has 0 spiro atoms. The molecular weight excluding hydrogens is 300 g/mol. The van der Waals surface area contributed by atoms with Crippen LogP contribution in [0.25, 0.3) is 0 Å². The Hall–Kier alpha value is -1.05. The van der Waals surface area contributed by atoms with Crippen molar-refractivity contribution in [2.75, 3.05) is 19.8 Å². The zero-order chi connectivity index (χ0) is 15.0. The maximum atomic E-state index is 13.3. The van der Waals surface area contributed by atoms with Gasteiger partial charge in [-0.3, -0.25) is 0 Å². The molecule has 1 aliphatic heterocycles. The van der Waals surface area contributed by atoms with Gasteiger partial charge < -0.3 is 4.74 Å². The van der Waals surface area contributed by atoms with E-state index < -0.39 is 21.7 Å². The standard InChI is InChI=1S/C14H17F2NO3S/c15-11-5-12(16)7-14(6-11)21(18,19)17(13-1-2-13)8-10-3-4-20-9-10/h5-7,10,13H,1-4,8-9H2. The lowest BCUT2D eigenvalue weighted by atomic mass is 10.1. The number of rotatable bonds is 5. The molecule has 1 aromatic rings. The summed E-state index contributed by atoms with van der Waals surface area (Å²) in [6.45, 7) is 1.53. The average molecular weight is 317 g/mol. The molecule has 0 bridgehead atoms. The van der Waals surface area contributed by atoms with Crippen LogP contribution in [-0.2, 0) is 14.8 Å². The highest BCUT2D eigenvalue weighted by molar-refractivity contribution is 7.89. The molecule has 116 valence electrons. The molecule has 1 aromatic carbocycles. The number of hydrogen-bond donors (Lipinski definition) is 0. The van der Waals surface area contributed by atoms with Crippen LogP contribution >= 0.6 is 0 Å². The van der Waals surface area contributed by atoms with Gasteiger partial charge in [0.05, 0.1) is 11.5 Å². The van der Waals surface area contributed by atoms with Crippen LogP contribution in [0.4, 0.5) is 8.78 Å². The minimum atomic E-state index is -3.87. The second kappa shape index (κ2) is 5.62. The summed E-state index contributed by atoms with van der Waals surface area (Å²) < 4.78 is 58.6. The minimum Gasteiger partial charge on any atom is -0.381 e. The molecule has 1 heterocycles. The Bertz CT molecular complexity index is 605. The Balaban J connectivity index is 1.89. The lowest BCUT2D eigenvalue weighted by molar-refractivity contribution is 0.180. The number of ether oxygens (including phenoxy) is 1. The Morgan fingerprint density at radius 3 is 2.33 bits per heavy atom. The van der Waals surface area contributed by atoms with Crippen molar-refractivity contribution in [3.05, 3.63) is 29.8 Å². The molecule has 0 aromatic heterocycles. The first-order chi connectivity index (χ1) is 9.96. The van der Waals surface area contributed by atoms with E-state index in [1.54, 1.807) is 0 Å². The van der Waals surface area contributed by atoms with Gasteiger partial charge in [0.25, 0.3) is 0 Å². The van der Waals surface area contributed by atoms with E-state index in [2.05, 4.69) is 0 Å². The zero-order valence-electron chi connectivity index (χ0n) is 11.5. The summed E-state index contributed by atoms with van der Waals surface area (Å²) in [5, 5.41) is 0. The first-order valence-corrected chi connectivity index (χ1v) is 8.46. The summed E-state index contributed by atoms with van der Waals surface area (Å²) in [7, 11) is -3.87. The van der Waals surface area contributed by atoms with Crippen molar-refractivity contribution in [1.29, 1.82) is 0 Å². The zero-order valence-corrected chi connectivity index (χ0v) is 12.3. The van der Waals surface area contributed by atoms with Crippen molar-refractivity contribution in [3.63, 3.8) is 0 Å². The van der Waals surface area contributed by atoms with Crippen LogP contribution in [0.3, 0.4) is 0 Å². The van der Waals surface area contributed by atoms with E-state index in [0.717, 1.165) is 31.4 Å². The molecule has 2 aliphatic rings. The van der Waals surface area contributed by atoms with Crippen molar-refractivity contribution in [1.82, 2.24) is 4.31 Å². The van der Waals surface area contributed by atoms with Gasteiger partial charge in [0.2, 0.25) is 10.0 Å². The van der Waals surface area contributed by atoms with E-state index in [1.807, 2.05) is 0 Å². The van der Waals surface area contributed by atoms with Crippen LogP contribution in [0.2, 0.25) is 0 Å². The second-order valence-electron chi connectivity index (χ2n) is 5.64. The van der Waals surface area contributed by atoms with Crippen molar-refractivity contribution in [3.8, 4) is 0 Å². The smallest absolute Gasteiger partial charge is 0.243 e. The van der Waals surface area contributed by atoms with Crippen LogP contribution in [0, 0.1) is 17.6 Å². The van der Waals surface area contributed by atoms with Gasteiger partial charge in [-0.25, -0.2) is 17.2 Å². The monoisotopic (exact) mass is 317 g/mol. The molecular formula is C14H17F2NO3S. The lowest BCUT2D eigenvalue weighted by Gasteiger charge is -2.24. The van der Waals surface area contributed by atoms with Crippen LogP contribution in [-0.4, -0.2) is 38.5 Å². The van der Waals surface area contributed by atoms with Crippen molar-refractivity contribution in [2.24, 2.45) is 5.92 Å². The average Bonchev–Trinajstić information content (AvgIpc) is 3.11. The highest BCUT2D eigenvalue weighted by atomic mass is 32.2. The Labute approximate surface area is 122 Å². The third-order valence-corrected chi connectivity index (χ3v) is 5.76. The van der Waals surface area contributed by atoms with Crippen LogP contribution in [0.5, 0.6) is 0 Å². The molecule has 1 atom stereocenters. The predicted molar refractivity (Wildman–Crippen MR) is 72.2 cm³/mol. The first-order valence-electron chi connectivity index (χ1n) is 7.02. The fraction of sp³-hybridized carbons (Fsp3) is 0.571. The summed E-state index contributed by atoms with van der Waals surface area (Å²) in [5.41, 5.74) is 0. The second-order valence-corrected chi connectivity index (χ2v) is 7.53. The molecule has 4 nitrogen and oxygen atoms in total. The van der Waals surface area contributed by atoms with Gasteiger partial charge in [0, 0.05) is 25.3 Å². The molecule has 0 amide bonds. The number of halogens is 2. The van der Waals surface area contributed by atoms with Gasteiger partial charge in [-0.15, -0.1) is 0 Å². The topological polar surface area (TPSA) is 46.6 Å². The lowest BCUT2D eigenvalue weighted by Crippen LogP contribution is -2.37. The third-order valence-electron chi connectivity index (χ3n) is 3.86. The SMILES string of the molecule is O=S(=O)(c1cc(F)cc(F)c1)N(CC1CCOC1)C1CC1. The van der Waals surface area contributed by atoms with Gasteiger partial charge in [0.1, 0.15) is 11.6 Å². The number of hydrogen-bond acceptors (Lipinski definition) is 3. The summed E-state index contributed by atoms with van der Waals surface area (Å²) in [6, 6.07) is 2.37. The highest BCUT2D eigenvalue weighted by Gasteiger charge is 2.40. The Morgan fingerprint density at radius 2 is 1.81 bits per heavy atom. The molecule has 2 fully saturated rings. The molecule has 1 saturated heterocycles. The van der Waals surface area contributed by atoms with Crippen LogP contribution in [0.1, 0.15) is 19.3 Å². The normalized spacial score (nSPS) is 22.9. The largest absolute Gasteiger partial charge is 0.381 e. The quantitative estimate of drug-likeness (QED) is 0.836. The Kier molecular flexibility index (Phi) is 3.98. The van der Waals surface area contributed by atoms with E-state index in [1.165, 1.54) is 4.31 Å². The summed E-state index contributed by atoms with van der Waals surface area (Å²) in [5.74, 6) is -1.61. The molecule has 1 saturated carbocycles. The fourth-order valence-electron chi connectivity index (χ4n) is 2.60. The molecule has 1 aliphatic carbocycles. The summed E-state index contributed by atoms with van der Waals surface area (Å²) in [6.07, 6.45) is 2.41. The molecule has 7 heteroatoms. The molecule has 0 radical (unpaired) electrons. The van der Waals surface area contributed by atoms with Gasteiger partial charge in [0.15, 0.2) is 0 Å². The van der Waals surface area contributed by atoms with Gasteiger partial charge in [-0.05, 0) is 37.3 Å².